The summed E-state index contributed by atoms with van der Waals surface area (Å²) >= 11 is 1.73. The van der Waals surface area contributed by atoms with E-state index in [9.17, 15) is 4.39 Å². The fourth-order valence-corrected chi connectivity index (χ4v) is 2.20. The maximum atomic E-state index is 13.2. The Morgan fingerprint density at radius 1 is 1.33 bits per heavy atom. The molecule has 1 aromatic carbocycles. The highest BCUT2D eigenvalue weighted by Gasteiger charge is 2.00. The van der Waals surface area contributed by atoms with Crippen molar-refractivity contribution in [3.63, 3.8) is 0 Å². The molecule has 2 rings (SSSR count). The van der Waals surface area contributed by atoms with Crippen molar-refractivity contribution in [1.29, 1.82) is 0 Å². The van der Waals surface area contributed by atoms with Crippen LogP contribution in [-0.2, 0) is 6.54 Å². The molecule has 0 amide bonds. The third-order valence-corrected chi connectivity index (χ3v) is 3.45. The summed E-state index contributed by atoms with van der Waals surface area (Å²) in [5.41, 5.74) is 0.637. The molecule has 0 fully saturated rings. The minimum absolute atomic E-state index is 0.223. The van der Waals surface area contributed by atoms with Gasteiger partial charge in [-0.1, -0.05) is 12.1 Å². The molecule has 0 aliphatic rings. The van der Waals surface area contributed by atoms with Crippen LogP contribution in [0.2, 0.25) is 0 Å². The number of halogens is 1. The van der Waals surface area contributed by atoms with Gasteiger partial charge in [0.1, 0.15) is 18.2 Å². The van der Waals surface area contributed by atoms with E-state index >= 15 is 0 Å². The first-order chi connectivity index (χ1) is 8.75. The molecule has 2 aromatic rings. The zero-order chi connectivity index (χ0) is 12.8. The molecular weight excluding hydrogens is 249 g/mol. The summed E-state index contributed by atoms with van der Waals surface area (Å²) in [6.07, 6.45) is 0. The lowest BCUT2D eigenvalue weighted by atomic mass is 10.2. The molecule has 1 heterocycles. The molecule has 0 unspecified atom stereocenters. The molecule has 18 heavy (non-hydrogen) atoms. The van der Waals surface area contributed by atoms with Gasteiger partial charge in [-0.25, -0.2) is 4.39 Å². The van der Waals surface area contributed by atoms with Crippen LogP contribution in [0.1, 0.15) is 10.4 Å². The summed E-state index contributed by atoms with van der Waals surface area (Å²) in [6, 6.07) is 9.07. The Morgan fingerprint density at radius 2 is 2.22 bits per heavy atom. The second-order valence-corrected chi connectivity index (χ2v) is 5.05. The molecule has 96 valence electrons. The average molecular weight is 265 g/mol. The number of aryl methyl sites for hydroxylation is 1. The third-order valence-electron chi connectivity index (χ3n) is 2.57. The van der Waals surface area contributed by atoms with Gasteiger partial charge in [0.2, 0.25) is 0 Å². The van der Waals surface area contributed by atoms with E-state index in [0.29, 0.717) is 17.9 Å². The van der Waals surface area contributed by atoms with Gasteiger partial charge in [0, 0.05) is 24.0 Å². The molecule has 0 bridgehead atoms. The van der Waals surface area contributed by atoms with Crippen LogP contribution in [0.3, 0.4) is 0 Å². The molecule has 2 nitrogen and oxygen atoms in total. The zero-order valence-electron chi connectivity index (χ0n) is 10.3. The Bertz CT molecular complexity index is 485. The predicted octanol–water partition coefficient (Wildman–Crippen LogP) is 3.36. The van der Waals surface area contributed by atoms with Crippen LogP contribution in [0, 0.1) is 12.7 Å². The highest BCUT2D eigenvalue weighted by atomic mass is 32.1. The van der Waals surface area contributed by atoms with Crippen LogP contribution in [0.4, 0.5) is 4.39 Å². The Kier molecular flexibility index (Phi) is 4.73. The third kappa shape index (κ3) is 3.82. The molecule has 0 aliphatic carbocycles. The van der Waals surface area contributed by atoms with Gasteiger partial charge in [0.15, 0.2) is 0 Å². The topological polar surface area (TPSA) is 21.3 Å². The maximum absolute atomic E-state index is 13.2. The van der Waals surface area contributed by atoms with Gasteiger partial charge in [0.05, 0.1) is 0 Å². The molecule has 0 atom stereocenters. The van der Waals surface area contributed by atoms with Crippen molar-refractivity contribution < 1.29 is 9.13 Å². The summed E-state index contributed by atoms with van der Waals surface area (Å²) in [7, 11) is 0. The maximum Gasteiger partial charge on any atom is 0.129 e. The van der Waals surface area contributed by atoms with Crippen molar-refractivity contribution in [2.24, 2.45) is 0 Å². The quantitative estimate of drug-likeness (QED) is 0.809. The van der Waals surface area contributed by atoms with Crippen molar-refractivity contribution in [2.75, 3.05) is 13.2 Å². The van der Waals surface area contributed by atoms with E-state index in [0.717, 1.165) is 13.1 Å². The van der Waals surface area contributed by atoms with E-state index in [2.05, 4.69) is 16.8 Å². The van der Waals surface area contributed by atoms with E-state index in [-0.39, 0.29) is 5.82 Å². The van der Waals surface area contributed by atoms with E-state index in [1.54, 1.807) is 30.4 Å². The first kappa shape index (κ1) is 13.1. The Morgan fingerprint density at radius 3 is 2.94 bits per heavy atom. The molecule has 0 saturated heterocycles. The van der Waals surface area contributed by atoms with Gasteiger partial charge in [-0.05, 0) is 30.0 Å². The average Bonchev–Trinajstić information content (AvgIpc) is 2.86. The predicted molar refractivity (Wildman–Crippen MR) is 72.7 cm³/mol. The van der Waals surface area contributed by atoms with Gasteiger partial charge < -0.3 is 10.1 Å². The lowest BCUT2D eigenvalue weighted by Gasteiger charge is -2.07. The number of thiophene rings is 1. The van der Waals surface area contributed by atoms with E-state index in [1.807, 2.05) is 6.07 Å². The number of nitrogens with one attached hydrogen (secondary N) is 1. The Hall–Kier alpha value is -1.39. The van der Waals surface area contributed by atoms with E-state index < -0.39 is 0 Å². The van der Waals surface area contributed by atoms with Crippen LogP contribution in [0.25, 0.3) is 0 Å². The lowest BCUT2D eigenvalue weighted by molar-refractivity contribution is 0.312. The fourth-order valence-electron chi connectivity index (χ4n) is 1.53. The van der Waals surface area contributed by atoms with Gasteiger partial charge >= 0.3 is 0 Å². The van der Waals surface area contributed by atoms with Crippen molar-refractivity contribution in [1.82, 2.24) is 5.32 Å². The highest BCUT2D eigenvalue weighted by molar-refractivity contribution is 7.09. The molecule has 0 aliphatic heterocycles. The van der Waals surface area contributed by atoms with Crippen LogP contribution < -0.4 is 10.1 Å². The van der Waals surface area contributed by atoms with Crippen LogP contribution in [0.5, 0.6) is 5.75 Å². The Balaban J connectivity index is 1.67. The van der Waals surface area contributed by atoms with Crippen LogP contribution >= 0.6 is 11.3 Å². The second-order valence-electron chi connectivity index (χ2n) is 4.02. The molecule has 0 spiro atoms. The molecule has 4 heteroatoms. The summed E-state index contributed by atoms with van der Waals surface area (Å²) < 4.78 is 18.7. The Labute approximate surface area is 110 Å². The monoisotopic (exact) mass is 265 g/mol. The van der Waals surface area contributed by atoms with Crippen LogP contribution in [-0.4, -0.2) is 13.2 Å². The van der Waals surface area contributed by atoms with Gasteiger partial charge in [-0.2, -0.15) is 0 Å². The summed E-state index contributed by atoms with van der Waals surface area (Å²) in [5, 5.41) is 5.33. The molecule has 0 radical (unpaired) electrons. The molecule has 1 N–H and O–H groups in total. The van der Waals surface area contributed by atoms with E-state index in [4.69, 9.17) is 4.74 Å². The summed E-state index contributed by atoms with van der Waals surface area (Å²) in [4.78, 5) is 1.30. The minimum atomic E-state index is -0.223. The first-order valence-electron chi connectivity index (χ1n) is 5.88. The smallest absolute Gasteiger partial charge is 0.129 e. The lowest BCUT2D eigenvalue weighted by Crippen LogP contribution is -2.20. The van der Waals surface area contributed by atoms with Gasteiger partial charge in [0.25, 0.3) is 0 Å². The number of hydrogen-bond donors (Lipinski definition) is 1. The zero-order valence-corrected chi connectivity index (χ0v) is 11.1. The van der Waals surface area contributed by atoms with E-state index in [1.165, 1.54) is 10.9 Å². The van der Waals surface area contributed by atoms with Gasteiger partial charge in [-0.3, -0.25) is 0 Å². The number of benzene rings is 1. The number of hydrogen-bond acceptors (Lipinski definition) is 3. The largest absolute Gasteiger partial charge is 0.492 e. The van der Waals surface area contributed by atoms with Crippen molar-refractivity contribution in [2.45, 2.75) is 13.5 Å². The van der Waals surface area contributed by atoms with Crippen molar-refractivity contribution >= 4 is 11.3 Å². The standard InChI is InChI=1S/C14H16FNOS/c1-11-4-5-12(9-14(11)15)17-7-6-16-10-13-3-2-8-18-13/h2-5,8-9,16H,6-7,10H2,1H3. The minimum Gasteiger partial charge on any atom is -0.492 e. The SMILES string of the molecule is Cc1ccc(OCCNCc2cccs2)cc1F. The summed E-state index contributed by atoms with van der Waals surface area (Å²) in [6.45, 7) is 3.87. The summed E-state index contributed by atoms with van der Waals surface area (Å²) in [5.74, 6) is 0.357. The first-order valence-corrected chi connectivity index (χ1v) is 6.76. The van der Waals surface area contributed by atoms with Crippen LogP contribution in [0.15, 0.2) is 35.7 Å². The fraction of sp³-hybridized carbons (Fsp3) is 0.286. The highest BCUT2D eigenvalue weighted by Crippen LogP contribution is 2.15. The number of ether oxygens (including phenoxy) is 1. The van der Waals surface area contributed by atoms with Crippen molar-refractivity contribution in [3.05, 3.63) is 52.0 Å². The normalized spacial score (nSPS) is 10.6. The van der Waals surface area contributed by atoms with Crippen molar-refractivity contribution in [3.8, 4) is 5.75 Å². The number of rotatable bonds is 6. The molecule has 1 aromatic heterocycles. The molecular formula is C14H16FNOS. The second kappa shape index (κ2) is 6.52. The van der Waals surface area contributed by atoms with Gasteiger partial charge in [-0.15, -0.1) is 11.3 Å². The molecule has 0 saturated carbocycles.